The Balaban J connectivity index is 2.35. The third-order valence-electron chi connectivity index (χ3n) is 4.11. The van der Waals surface area contributed by atoms with E-state index in [1.165, 1.54) is 19.3 Å². The van der Waals surface area contributed by atoms with E-state index in [1.807, 2.05) is 0 Å². The lowest BCUT2D eigenvalue weighted by Gasteiger charge is -2.27. The normalized spacial score (nSPS) is 22.9. The minimum Gasteiger partial charge on any atom is -0.388 e. The molecule has 0 bridgehead atoms. The molecule has 1 fully saturated rings. The maximum atomic E-state index is 9.39. The molecule has 18 heavy (non-hydrogen) atoms. The molecule has 0 spiro atoms. The van der Waals surface area contributed by atoms with E-state index in [0.29, 0.717) is 23.1 Å². The number of aromatic nitrogens is 3. The molecule has 102 valence electrons. The first kappa shape index (κ1) is 13.5. The quantitative estimate of drug-likeness (QED) is 0.895. The van der Waals surface area contributed by atoms with Crippen molar-refractivity contribution < 1.29 is 5.11 Å². The third kappa shape index (κ3) is 2.44. The summed E-state index contributed by atoms with van der Waals surface area (Å²) >= 11 is 0. The van der Waals surface area contributed by atoms with Gasteiger partial charge in [0.15, 0.2) is 5.82 Å². The monoisotopic (exact) mass is 251 g/mol. The second kappa shape index (κ2) is 5.00. The highest BCUT2D eigenvalue weighted by molar-refractivity contribution is 5.09. The van der Waals surface area contributed by atoms with Gasteiger partial charge in [0.2, 0.25) is 0 Å². The van der Waals surface area contributed by atoms with Crippen LogP contribution in [0, 0.1) is 11.3 Å². The molecular weight excluding hydrogens is 226 g/mol. The highest BCUT2D eigenvalue weighted by Crippen LogP contribution is 2.48. The lowest BCUT2D eigenvalue weighted by atomic mass is 9.81. The zero-order valence-corrected chi connectivity index (χ0v) is 12.0. The van der Waals surface area contributed by atoms with Crippen molar-refractivity contribution in [2.24, 2.45) is 11.3 Å². The van der Waals surface area contributed by atoms with Gasteiger partial charge in [0, 0.05) is 12.5 Å². The molecule has 0 saturated heterocycles. The number of rotatable bonds is 4. The first-order chi connectivity index (χ1) is 8.45. The Bertz CT molecular complexity index is 409. The molecule has 0 amide bonds. The minimum absolute atomic E-state index is 0.0210. The van der Waals surface area contributed by atoms with Gasteiger partial charge < -0.3 is 9.67 Å². The van der Waals surface area contributed by atoms with Crippen molar-refractivity contribution in [2.45, 2.75) is 66.0 Å². The molecule has 0 aliphatic heterocycles. The Labute approximate surface area is 109 Å². The second-order valence-electron chi connectivity index (χ2n) is 6.57. The first-order valence-corrected chi connectivity index (χ1v) is 6.98. The van der Waals surface area contributed by atoms with E-state index in [-0.39, 0.29) is 6.61 Å². The van der Waals surface area contributed by atoms with E-state index in [4.69, 9.17) is 0 Å². The molecule has 1 saturated carbocycles. The van der Waals surface area contributed by atoms with Crippen molar-refractivity contribution in [1.82, 2.24) is 14.8 Å². The fourth-order valence-electron chi connectivity index (χ4n) is 3.09. The SMILES string of the molecule is CC(C)Cn1c(CO)nnc1C1CCCC1(C)C. The van der Waals surface area contributed by atoms with Crippen LogP contribution in [0.5, 0.6) is 0 Å². The average molecular weight is 251 g/mol. The van der Waals surface area contributed by atoms with Gasteiger partial charge in [-0.2, -0.15) is 0 Å². The highest BCUT2D eigenvalue weighted by Gasteiger charge is 2.38. The van der Waals surface area contributed by atoms with Gasteiger partial charge in [0.1, 0.15) is 12.4 Å². The van der Waals surface area contributed by atoms with Gasteiger partial charge >= 0.3 is 0 Å². The summed E-state index contributed by atoms with van der Waals surface area (Å²) in [6.45, 7) is 9.88. The minimum atomic E-state index is -0.0210. The van der Waals surface area contributed by atoms with E-state index >= 15 is 0 Å². The molecule has 4 nitrogen and oxygen atoms in total. The Hall–Kier alpha value is -0.900. The largest absolute Gasteiger partial charge is 0.388 e. The Morgan fingerprint density at radius 1 is 1.39 bits per heavy atom. The molecule has 2 rings (SSSR count). The number of aliphatic hydroxyl groups excluding tert-OH is 1. The predicted molar refractivity (Wildman–Crippen MR) is 71.2 cm³/mol. The molecular formula is C14H25N3O. The summed E-state index contributed by atoms with van der Waals surface area (Å²) in [5.41, 5.74) is 0.300. The zero-order valence-electron chi connectivity index (χ0n) is 12.0. The van der Waals surface area contributed by atoms with Crippen LogP contribution in [0.25, 0.3) is 0 Å². The van der Waals surface area contributed by atoms with Gasteiger partial charge in [-0.05, 0) is 24.2 Å². The average Bonchev–Trinajstić information content (AvgIpc) is 2.80. The molecule has 1 aromatic heterocycles. The number of hydrogen-bond acceptors (Lipinski definition) is 3. The van der Waals surface area contributed by atoms with Crippen LogP contribution < -0.4 is 0 Å². The molecule has 1 aliphatic carbocycles. The standard InChI is InChI=1S/C14H25N3O/c1-10(2)8-17-12(9-18)15-16-13(17)11-6-5-7-14(11,3)4/h10-11,18H,5-9H2,1-4H3. The van der Waals surface area contributed by atoms with Crippen molar-refractivity contribution in [2.75, 3.05) is 0 Å². The van der Waals surface area contributed by atoms with Gasteiger partial charge in [-0.15, -0.1) is 10.2 Å². The van der Waals surface area contributed by atoms with Crippen LogP contribution in [-0.2, 0) is 13.2 Å². The fraction of sp³-hybridized carbons (Fsp3) is 0.857. The summed E-state index contributed by atoms with van der Waals surface area (Å²) in [7, 11) is 0. The molecule has 1 atom stereocenters. The molecule has 1 aromatic rings. The van der Waals surface area contributed by atoms with E-state index < -0.39 is 0 Å². The van der Waals surface area contributed by atoms with Gasteiger partial charge in [-0.3, -0.25) is 0 Å². The van der Waals surface area contributed by atoms with Gasteiger partial charge in [-0.25, -0.2) is 0 Å². The Morgan fingerprint density at radius 3 is 2.61 bits per heavy atom. The van der Waals surface area contributed by atoms with E-state index in [2.05, 4.69) is 42.5 Å². The predicted octanol–water partition coefficient (Wildman–Crippen LogP) is 2.72. The van der Waals surface area contributed by atoms with E-state index in [1.54, 1.807) is 0 Å². The van der Waals surface area contributed by atoms with Crippen LogP contribution >= 0.6 is 0 Å². The Kier molecular flexibility index (Phi) is 3.76. The Morgan fingerprint density at radius 2 is 2.11 bits per heavy atom. The van der Waals surface area contributed by atoms with Crippen LogP contribution in [0.4, 0.5) is 0 Å². The maximum absolute atomic E-state index is 9.39. The summed E-state index contributed by atoms with van der Waals surface area (Å²) in [6, 6.07) is 0. The van der Waals surface area contributed by atoms with Crippen molar-refractivity contribution in [1.29, 1.82) is 0 Å². The molecule has 1 unspecified atom stereocenters. The van der Waals surface area contributed by atoms with Gasteiger partial charge in [0.25, 0.3) is 0 Å². The number of hydrogen-bond donors (Lipinski definition) is 1. The lowest BCUT2D eigenvalue weighted by Crippen LogP contribution is -2.21. The van der Waals surface area contributed by atoms with Crippen molar-refractivity contribution >= 4 is 0 Å². The maximum Gasteiger partial charge on any atom is 0.158 e. The van der Waals surface area contributed by atoms with Crippen LogP contribution in [0.1, 0.15) is 64.5 Å². The lowest BCUT2D eigenvalue weighted by molar-refractivity contribution is 0.258. The second-order valence-corrected chi connectivity index (χ2v) is 6.57. The third-order valence-corrected chi connectivity index (χ3v) is 4.11. The van der Waals surface area contributed by atoms with E-state index in [0.717, 1.165) is 12.4 Å². The summed E-state index contributed by atoms with van der Waals surface area (Å²) in [6.07, 6.45) is 3.70. The van der Waals surface area contributed by atoms with Crippen molar-refractivity contribution in [3.63, 3.8) is 0 Å². The van der Waals surface area contributed by atoms with Crippen LogP contribution in [0.3, 0.4) is 0 Å². The van der Waals surface area contributed by atoms with Crippen LogP contribution in [0.15, 0.2) is 0 Å². The first-order valence-electron chi connectivity index (χ1n) is 6.98. The van der Waals surface area contributed by atoms with Gasteiger partial charge in [-0.1, -0.05) is 34.1 Å². The molecule has 4 heteroatoms. The number of nitrogens with zero attached hydrogens (tertiary/aromatic N) is 3. The van der Waals surface area contributed by atoms with E-state index in [9.17, 15) is 5.11 Å². The molecule has 0 aromatic carbocycles. The number of aliphatic hydroxyl groups is 1. The fourth-order valence-corrected chi connectivity index (χ4v) is 3.09. The summed E-state index contributed by atoms with van der Waals surface area (Å²) in [4.78, 5) is 0. The molecule has 1 heterocycles. The summed E-state index contributed by atoms with van der Waals surface area (Å²) < 4.78 is 2.14. The van der Waals surface area contributed by atoms with Crippen molar-refractivity contribution in [3.05, 3.63) is 11.6 Å². The topological polar surface area (TPSA) is 50.9 Å². The summed E-state index contributed by atoms with van der Waals surface area (Å²) in [5.74, 6) is 2.80. The van der Waals surface area contributed by atoms with Crippen LogP contribution in [0.2, 0.25) is 0 Å². The smallest absolute Gasteiger partial charge is 0.158 e. The van der Waals surface area contributed by atoms with Crippen LogP contribution in [-0.4, -0.2) is 19.9 Å². The highest BCUT2D eigenvalue weighted by atomic mass is 16.3. The van der Waals surface area contributed by atoms with Gasteiger partial charge in [0.05, 0.1) is 0 Å². The van der Waals surface area contributed by atoms with Crippen molar-refractivity contribution in [3.8, 4) is 0 Å². The molecule has 1 aliphatic rings. The molecule has 0 radical (unpaired) electrons. The summed E-state index contributed by atoms with van der Waals surface area (Å²) in [5, 5.41) is 17.9. The zero-order chi connectivity index (χ0) is 13.3. The molecule has 1 N–H and O–H groups in total.